The van der Waals surface area contributed by atoms with Gasteiger partial charge in [0.2, 0.25) is 0 Å². The summed E-state index contributed by atoms with van der Waals surface area (Å²) in [5.41, 5.74) is 2.80. The fourth-order valence-electron chi connectivity index (χ4n) is 2.51. The van der Waals surface area contributed by atoms with Crippen LogP contribution in [0.2, 0.25) is 0 Å². The molecule has 0 bridgehead atoms. The van der Waals surface area contributed by atoms with Crippen molar-refractivity contribution < 1.29 is 0 Å². The predicted octanol–water partition coefficient (Wildman–Crippen LogP) is 3.52. The van der Waals surface area contributed by atoms with E-state index in [0.29, 0.717) is 0 Å². The molecule has 0 amide bonds. The first kappa shape index (κ1) is 15.2. The monoisotopic (exact) mass is 251 g/mol. The van der Waals surface area contributed by atoms with Gasteiger partial charge in [0.05, 0.1) is 11.4 Å². The lowest BCUT2D eigenvalue weighted by Gasteiger charge is -2.32. The maximum atomic E-state index is 4.60. The molecule has 0 aromatic carbocycles. The molecule has 0 spiro atoms. The highest BCUT2D eigenvalue weighted by Gasteiger charge is 2.23. The summed E-state index contributed by atoms with van der Waals surface area (Å²) in [5.74, 6) is 0. The van der Waals surface area contributed by atoms with E-state index in [2.05, 4.69) is 55.8 Å². The molecule has 0 saturated heterocycles. The number of aryl methyl sites for hydroxylation is 2. The van der Waals surface area contributed by atoms with E-state index in [1.807, 2.05) is 0 Å². The molecule has 0 atom stereocenters. The molecule has 3 nitrogen and oxygen atoms in total. The zero-order valence-electron chi connectivity index (χ0n) is 12.7. The van der Waals surface area contributed by atoms with Crippen LogP contribution in [0.1, 0.15) is 65.3 Å². The van der Waals surface area contributed by atoms with Crippen LogP contribution in [0, 0.1) is 0 Å². The molecule has 1 aromatic rings. The van der Waals surface area contributed by atoms with Crippen molar-refractivity contribution in [2.45, 2.75) is 78.9 Å². The molecule has 1 heterocycles. The highest BCUT2D eigenvalue weighted by Crippen LogP contribution is 2.20. The van der Waals surface area contributed by atoms with Crippen molar-refractivity contribution in [3.63, 3.8) is 0 Å². The summed E-state index contributed by atoms with van der Waals surface area (Å²) in [7, 11) is 0. The Morgan fingerprint density at radius 3 is 2.17 bits per heavy atom. The summed E-state index contributed by atoms with van der Waals surface area (Å²) >= 11 is 0. The van der Waals surface area contributed by atoms with Crippen LogP contribution in [0.3, 0.4) is 0 Å². The molecule has 0 aliphatic rings. The van der Waals surface area contributed by atoms with Gasteiger partial charge in [-0.25, -0.2) is 0 Å². The Labute approximate surface area is 112 Å². The fraction of sp³-hybridized carbons (Fsp3) is 0.800. The lowest BCUT2D eigenvalue weighted by Crippen LogP contribution is -2.43. The minimum absolute atomic E-state index is 0.287. The van der Waals surface area contributed by atoms with E-state index in [1.165, 1.54) is 30.7 Å². The number of nitrogens with zero attached hydrogens (tertiary/aromatic N) is 2. The van der Waals surface area contributed by atoms with Gasteiger partial charge in [-0.15, -0.1) is 0 Å². The molecule has 0 unspecified atom stereocenters. The third-order valence-electron chi connectivity index (χ3n) is 4.25. The zero-order valence-corrected chi connectivity index (χ0v) is 12.7. The summed E-state index contributed by atoms with van der Waals surface area (Å²) in [5, 5.41) is 8.35. The molecule has 3 heteroatoms. The highest BCUT2D eigenvalue weighted by molar-refractivity contribution is 5.11. The minimum Gasteiger partial charge on any atom is -0.306 e. The van der Waals surface area contributed by atoms with Gasteiger partial charge in [-0.3, -0.25) is 4.68 Å². The second-order valence-electron chi connectivity index (χ2n) is 4.99. The van der Waals surface area contributed by atoms with Crippen molar-refractivity contribution >= 4 is 0 Å². The topological polar surface area (TPSA) is 29.9 Å². The molecule has 0 fully saturated rings. The summed E-state index contributed by atoms with van der Waals surface area (Å²) < 4.78 is 2.12. The summed E-state index contributed by atoms with van der Waals surface area (Å²) in [6.07, 6.45) is 4.56. The van der Waals surface area contributed by atoms with E-state index in [0.717, 1.165) is 19.5 Å². The van der Waals surface area contributed by atoms with E-state index >= 15 is 0 Å². The van der Waals surface area contributed by atoms with Crippen LogP contribution < -0.4 is 5.32 Å². The van der Waals surface area contributed by atoms with Gasteiger partial charge >= 0.3 is 0 Å². The van der Waals surface area contributed by atoms with Crippen LogP contribution in [-0.4, -0.2) is 15.3 Å². The van der Waals surface area contributed by atoms with Crippen molar-refractivity contribution in [2.24, 2.45) is 0 Å². The average Bonchev–Trinajstić information content (AvgIpc) is 2.83. The maximum absolute atomic E-state index is 4.60. The van der Waals surface area contributed by atoms with Gasteiger partial charge in [0.25, 0.3) is 0 Å². The minimum atomic E-state index is 0.287. The largest absolute Gasteiger partial charge is 0.306 e. The molecule has 0 saturated carbocycles. The van der Waals surface area contributed by atoms with E-state index in [9.17, 15) is 0 Å². The normalized spacial score (nSPS) is 12.1. The van der Waals surface area contributed by atoms with Crippen molar-refractivity contribution in [3.8, 4) is 0 Å². The van der Waals surface area contributed by atoms with Crippen LogP contribution in [0.4, 0.5) is 0 Å². The molecule has 18 heavy (non-hydrogen) atoms. The van der Waals surface area contributed by atoms with Crippen LogP contribution in [0.25, 0.3) is 0 Å². The SMILES string of the molecule is CCc1cc(CNC(CC)(CC)CC)n(CC)n1. The van der Waals surface area contributed by atoms with Crippen molar-refractivity contribution in [3.05, 3.63) is 17.5 Å². The summed E-state index contributed by atoms with van der Waals surface area (Å²) in [6.45, 7) is 13.0. The Hall–Kier alpha value is -0.830. The fourth-order valence-corrected chi connectivity index (χ4v) is 2.51. The van der Waals surface area contributed by atoms with Crippen LogP contribution in [0.15, 0.2) is 6.07 Å². The van der Waals surface area contributed by atoms with Crippen LogP contribution >= 0.6 is 0 Å². The predicted molar refractivity (Wildman–Crippen MR) is 77.7 cm³/mol. The van der Waals surface area contributed by atoms with E-state index < -0.39 is 0 Å². The van der Waals surface area contributed by atoms with Gasteiger partial charge in [-0.2, -0.15) is 5.10 Å². The second-order valence-corrected chi connectivity index (χ2v) is 4.99. The quantitative estimate of drug-likeness (QED) is 0.766. The molecule has 1 aromatic heterocycles. The Kier molecular flexibility index (Phi) is 5.86. The van der Waals surface area contributed by atoms with Crippen molar-refractivity contribution in [2.75, 3.05) is 0 Å². The van der Waals surface area contributed by atoms with Crippen LogP contribution in [0.5, 0.6) is 0 Å². The zero-order chi connectivity index (χ0) is 13.6. The lowest BCUT2D eigenvalue weighted by atomic mass is 9.90. The van der Waals surface area contributed by atoms with Gasteiger partial charge < -0.3 is 5.32 Å². The molecule has 0 aliphatic heterocycles. The molecule has 104 valence electrons. The molecular formula is C15H29N3. The first-order chi connectivity index (χ1) is 8.64. The van der Waals surface area contributed by atoms with Crippen molar-refractivity contribution in [1.29, 1.82) is 0 Å². The third kappa shape index (κ3) is 3.35. The van der Waals surface area contributed by atoms with Gasteiger partial charge in [-0.1, -0.05) is 27.7 Å². The van der Waals surface area contributed by atoms with Crippen LogP contribution in [-0.2, 0) is 19.5 Å². The van der Waals surface area contributed by atoms with Gasteiger partial charge in [0.1, 0.15) is 0 Å². The summed E-state index contributed by atoms with van der Waals surface area (Å²) in [4.78, 5) is 0. The van der Waals surface area contributed by atoms with E-state index in [1.54, 1.807) is 0 Å². The van der Waals surface area contributed by atoms with Gasteiger partial charge in [-0.05, 0) is 38.7 Å². The maximum Gasteiger partial charge on any atom is 0.0625 e. The van der Waals surface area contributed by atoms with Gasteiger partial charge in [0.15, 0.2) is 0 Å². The molecule has 0 radical (unpaired) electrons. The van der Waals surface area contributed by atoms with E-state index in [-0.39, 0.29) is 5.54 Å². The van der Waals surface area contributed by atoms with Crippen molar-refractivity contribution in [1.82, 2.24) is 15.1 Å². The molecule has 1 rings (SSSR count). The van der Waals surface area contributed by atoms with E-state index in [4.69, 9.17) is 0 Å². The molecule has 1 N–H and O–H groups in total. The number of aromatic nitrogens is 2. The Bertz CT molecular complexity index is 342. The number of hydrogen-bond acceptors (Lipinski definition) is 2. The lowest BCUT2D eigenvalue weighted by molar-refractivity contribution is 0.284. The number of hydrogen-bond donors (Lipinski definition) is 1. The smallest absolute Gasteiger partial charge is 0.0625 e. The number of nitrogens with one attached hydrogen (secondary N) is 1. The molecular weight excluding hydrogens is 222 g/mol. The Morgan fingerprint density at radius 2 is 1.72 bits per heavy atom. The van der Waals surface area contributed by atoms with Gasteiger partial charge in [0, 0.05) is 18.6 Å². The number of rotatable bonds is 8. The molecule has 0 aliphatic carbocycles. The Morgan fingerprint density at radius 1 is 1.11 bits per heavy atom. The average molecular weight is 251 g/mol. The second kappa shape index (κ2) is 6.93. The Balaban J connectivity index is 2.75. The summed E-state index contributed by atoms with van der Waals surface area (Å²) in [6, 6.07) is 2.24. The first-order valence-electron chi connectivity index (χ1n) is 7.45. The highest BCUT2D eigenvalue weighted by atomic mass is 15.3. The first-order valence-corrected chi connectivity index (χ1v) is 7.45. The third-order valence-corrected chi connectivity index (χ3v) is 4.25. The standard InChI is InChI=1S/C15H29N3/c1-6-13-11-14(18(10-5)17-13)12-16-15(7-2,8-3)9-4/h11,16H,6-10,12H2,1-5H3.